The quantitative estimate of drug-likeness (QED) is 0.933. The van der Waals surface area contributed by atoms with Crippen LogP contribution in [0.15, 0.2) is 39.9 Å². The number of rotatable bonds is 3. The fourth-order valence-electron chi connectivity index (χ4n) is 2.64. The van der Waals surface area contributed by atoms with E-state index in [1.165, 1.54) is 15.8 Å². The third kappa shape index (κ3) is 2.40. The monoisotopic (exact) mass is 337 g/mol. The molecule has 0 bridgehead atoms. The lowest BCUT2D eigenvalue weighted by Crippen LogP contribution is -2.35. The van der Waals surface area contributed by atoms with Gasteiger partial charge in [0.15, 0.2) is 0 Å². The highest BCUT2D eigenvalue weighted by molar-refractivity contribution is 7.94. The summed E-state index contributed by atoms with van der Waals surface area (Å²) in [4.78, 5) is 11.0. The highest BCUT2D eigenvalue weighted by Crippen LogP contribution is 2.38. The Morgan fingerprint density at radius 3 is 2.77 bits per heavy atom. The zero-order chi connectivity index (χ0) is 15.9. The van der Waals surface area contributed by atoms with Crippen LogP contribution in [0.4, 0.5) is 5.69 Å². The van der Waals surface area contributed by atoms with Crippen molar-refractivity contribution in [2.24, 2.45) is 0 Å². The summed E-state index contributed by atoms with van der Waals surface area (Å²) in [6, 6.07) is 8.69. The third-order valence-electron chi connectivity index (χ3n) is 3.87. The number of anilines is 1. The van der Waals surface area contributed by atoms with Crippen LogP contribution < -0.4 is 4.31 Å². The number of carboxylic acids is 1. The molecule has 0 spiro atoms. The number of carbonyl (C=O) groups is 1. The Hall–Kier alpha value is -1.86. The van der Waals surface area contributed by atoms with E-state index in [0.29, 0.717) is 18.2 Å². The van der Waals surface area contributed by atoms with Gasteiger partial charge in [-0.2, -0.15) is 0 Å². The molecule has 0 radical (unpaired) electrons. The first-order chi connectivity index (χ1) is 10.4. The van der Waals surface area contributed by atoms with Crippen molar-refractivity contribution in [2.75, 3.05) is 10.8 Å². The summed E-state index contributed by atoms with van der Waals surface area (Å²) < 4.78 is 27.1. The van der Waals surface area contributed by atoms with Crippen LogP contribution >= 0.6 is 11.3 Å². The van der Waals surface area contributed by atoms with Crippen molar-refractivity contribution in [2.45, 2.75) is 23.5 Å². The fourth-order valence-corrected chi connectivity index (χ4v) is 5.41. The average molecular weight is 337 g/mol. The minimum absolute atomic E-state index is 0.00207. The predicted molar refractivity (Wildman–Crippen MR) is 85.3 cm³/mol. The van der Waals surface area contributed by atoms with Gasteiger partial charge in [-0.15, -0.1) is 11.3 Å². The molecule has 7 heteroatoms. The van der Waals surface area contributed by atoms with Gasteiger partial charge in [0.1, 0.15) is 4.21 Å². The molecule has 0 saturated heterocycles. The molecule has 1 aromatic heterocycles. The lowest BCUT2D eigenvalue weighted by Gasteiger charge is -2.33. The Balaban J connectivity index is 2.06. The van der Waals surface area contributed by atoms with Crippen molar-refractivity contribution in [3.63, 3.8) is 0 Å². The maximum atomic E-state index is 12.8. The summed E-state index contributed by atoms with van der Waals surface area (Å²) in [5.41, 5.74) is 1.70. The van der Waals surface area contributed by atoms with Crippen LogP contribution in [0.25, 0.3) is 0 Å². The van der Waals surface area contributed by atoms with Crippen LogP contribution in [0, 0.1) is 0 Å². The van der Waals surface area contributed by atoms with Crippen molar-refractivity contribution in [1.82, 2.24) is 0 Å². The predicted octanol–water partition coefficient (Wildman–Crippen LogP) is 3.15. The minimum Gasteiger partial charge on any atom is -0.478 e. The second-order valence-corrected chi connectivity index (χ2v) is 8.29. The molecule has 1 aliphatic heterocycles. The van der Waals surface area contributed by atoms with E-state index >= 15 is 0 Å². The molecule has 22 heavy (non-hydrogen) atoms. The highest BCUT2D eigenvalue weighted by atomic mass is 32.2. The molecule has 0 aliphatic carbocycles. The highest BCUT2D eigenvalue weighted by Gasteiger charge is 2.32. The Morgan fingerprint density at radius 2 is 2.09 bits per heavy atom. The number of benzene rings is 1. The number of aromatic carboxylic acids is 1. The smallest absolute Gasteiger partial charge is 0.336 e. The molecule has 5 nitrogen and oxygen atoms in total. The zero-order valence-electron chi connectivity index (χ0n) is 11.9. The number of fused-ring (bicyclic) bond motifs is 1. The van der Waals surface area contributed by atoms with Crippen LogP contribution in [0.2, 0.25) is 0 Å². The number of thiophene rings is 1. The van der Waals surface area contributed by atoms with E-state index in [0.717, 1.165) is 23.3 Å². The zero-order valence-corrected chi connectivity index (χ0v) is 13.5. The summed E-state index contributed by atoms with van der Waals surface area (Å²) >= 11 is 0.943. The van der Waals surface area contributed by atoms with Crippen LogP contribution in [-0.4, -0.2) is 26.0 Å². The first kappa shape index (κ1) is 15.1. The molecule has 1 aliphatic rings. The maximum Gasteiger partial charge on any atom is 0.336 e. The van der Waals surface area contributed by atoms with Gasteiger partial charge in [-0.1, -0.05) is 25.1 Å². The maximum absolute atomic E-state index is 12.8. The van der Waals surface area contributed by atoms with Gasteiger partial charge < -0.3 is 5.11 Å². The summed E-state index contributed by atoms with van der Waals surface area (Å²) in [5.74, 6) is -0.814. The molecule has 3 rings (SSSR count). The Bertz CT molecular complexity index is 826. The SMILES string of the molecule is C[C@H]1CCN(S(=O)(=O)c2cc(C(=O)O)cs2)c2ccccc21. The Labute approximate surface area is 132 Å². The molecular formula is C15H15NO4S2. The van der Waals surface area contributed by atoms with E-state index in [4.69, 9.17) is 5.11 Å². The number of hydrogen-bond donors (Lipinski definition) is 1. The number of nitrogens with zero attached hydrogens (tertiary/aromatic N) is 1. The molecule has 2 heterocycles. The summed E-state index contributed by atoms with van der Waals surface area (Å²) in [6.07, 6.45) is 0.743. The van der Waals surface area contributed by atoms with E-state index in [2.05, 4.69) is 6.92 Å². The van der Waals surface area contributed by atoms with Crippen LogP contribution in [0.3, 0.4) is 0 Å². The number of hydrogen-bond acceptors (Lipinski definition) is 4. The minimum atomic E-state index is -3.72. The van der Waals surface area contributed by atoms with Crippen LogP contribution in [-0.2, 0) is 10.0 Å². The summed E-state index contributed by atoms with van der Waals surface area (Å²) in [5, 5.41) is 10.3. The summed E-state index contributed by atoms with van der Waals surface area (Å²) in [7, 11) is -3.72. The summed E-state index contributed by atoms with van der Waals surface area (Å²) in [6.45, 7) is 2.48. The van der Waals surface area contributed by atoms with E-state index in [1.54, 1.807) is 6.07 Å². The second kappa shape index (κ2) is 5.40. The van der Waals surface area contributed by atoms with E-state index in [9.17, 15) is 13.2 Å². The van der Waals surface area contributed by atoms with E-state index in [-0.39, 0.29) is 9.77 Å². The van der Waals surface area contributed by atoms with Crippen LogP contribution in [0.1, 0.15) is 35.2 Å². The first-order valence-corrected chi connectivity index (χ1v) is 9.16. The van der Waals surface area contributed by atoms with Gasteiger partial charge in [0.2, 0.25) is 0 Å². The number of sulfonamides is 1. The van der Waals surface area contributed by atoms with Crippen molar-refractivity contribution >= 4 is 33.0 Å². The molecule has 0 fully saturated rings. The molecule has 1 N–H and O–H groups in total. The molecule has 116 valence electrons. The lowest BCUT2D eigenvalue weighted by atomic mass is 9.93. The van der Waals surface area contributed by atoms with Crippen molar-refractivity contribution < 1.29 is 18.3 Å². The van der Waals surface area contributed by atoms with Crippen molar-refractivity contribution in [3.05, 3.63) is 46.8 Å². The average Bonchev–Trinajstić information content (AvgIpc) is 2.98. The number of carboxylic acid groups (broad SMARTS) is 1. The van der Waals surface area contributed by atoms with Gasteiger partial charge in [-0.25, -0.2) is 13.2 Å². The molecule has 0 amide bonds. The van der Waals surface area contributed by atoms with Gasteiger partial charge in [-0.3, -0.25) is 4.31 Å². The fraction of sp³-hybridized carbons (Fsp3) is 0.267. The van der Waals surface area contributed by atoms with Gasteiger partial charge in [0.25, 0.3) is 10.0 Å². The van der Waals surface area contributed by atoms with Crippen LogP contribution in [0.5, 0.6) is 0 Å². The topological polar surface area (TPSA) is 74.7 Å². The Kier molecular flexibility index (Phi) is 3.70. The molecular weight excluding hydrogens is 322 g/mol. The standard InChI is InChI=1S/C15H15NO4S2/c1-10-6-7-16(13-5-3-2-4-12(10)13)22(19,20)14-8-11(9-21-14)15(17)18/h2-5,8-10H,6-7H2,1H3,(H,17,18)/t10-/m0/s1. The largest absolute Gasteiger partial charge is 0.478 e. The third-order valence-corrected chi connectivity index (χ3v) is 7.10. The lowest BCUT2D eigenvalue weighted by molar-refractivity contribution is 0.0697. The van der Waals surface area contributed by atoms with Crippen molar-refractivity contribution in [3.8, 4) is 0 Å². The molecule has 0 saturated carbocycles. The molecule has 2 aromatic rings. The molecule has 1 aromatic carbocycles. The van der Waals surface area contributed by atoms with Gasteiger partial charge in [0.05, 0.1) is 11.3 Å². The molecule has 1 atom stereocenters. The van der Waals surface area contributed by atoms with Gasteiger partial charge >= 0.3 is 5.97 Å². The normalized spacial score (nSPS) is 18.0. The Morgan fingerprint density at radius 1 is 1.36 bits per heavy atom. The van der Waals surface area contributed by atoms with Gasteiger partial charge in [0, 0.05) is 11.9 Å². The van der Waals surface area contributed by atoms with E-state index < -0.39 is 16.0 Å². The van der Waals surface area contributed by atoms with E-state index in [1.807, 2.05) is 18.2 Å². The molecule has 0 unspecified atom stereocenters. The second-order valence-electron chi connectivity index (χ2n) is 5.29. The van der Waals surface area contributed by atoms with Gasteiger partial charge in [-0.05, 0) is 30.0 Å². The first-order valence-electron chi connectivity index (χ1n) is 6.85. The number of para-hydroxylation sites is 1. The van der Waals surface area contributed by atoms with Crippen molar-refractivity contribution in [1.29, 1.82) is 0 Å².